The Kier molecular flexibility index (Phi) is 3.55. The van der Waals surface area contributed by atoms with Crippen LogP contribution >= 0.6 is 22.6 Å². The molecule has 0 saturated carbocycles. The molecule has 0 bridgehead atoms. The molecule has 0 saturated heterocycles. The molecular weight excluding hydrogens is 348 g/mol. The van der Waals surface area contributed by atoms with E-state index in [1.54, 1.807) is 0 Å². The molecule has 0 aliphatic carbocycles. The first-order chi connectivity index (χ1) is 6.73. The molecular formula is C6H4F3IN2O2S. The van der Waals surface area contributed by atoms with E-state index in [2.05, 4.69) is 10.1 Å². The smallest absolute Gasteiger partial charge is 0.226 e. The van der Waals surface area contributed by atoms with E-state index in [1.165, 1.54) is 22.6 Å². The van der Waals surface area contributed by atoms with Crippen LogP contribution in [-0.4, -0.2) is 13.4 Å². The average Bonchev–Trinajstić information content (AvgIpc) is 2.06. The first-order valence-corrected chi connectivity index (χ1v) is 6.03. The zero-order valence-corrected chi connectivity index (χ0v) is 9.89. The maximum atomic E-state index is 13.2. The van der Waals surface area contributed by atoms with Gasteiger partial charge in [0, 0.05) is 0 Å². The maximum Gasteiger partial charge on any atom is 0.266 e. The van der Waals surface area contributed by atoms with Gasteiger partial charge in [0.2, 0.25) is 5.03 Å². The summed E-state index contributed by atoms with van der Waals surface area (Å²) in [6, 6.07) is 0.759. The van der Waals surface area contributed by atoms with Gasteiger partial charge in [-0.05, 0) is 28.7 Å². The predicted octanol–water partition coefficient (Wildman–Crippen LogP) is 1.41. The lowest BCUT2D eigenvalue weighted by Crippen LogP contribution is -2.18. The van der Waals surface area contributed by atoms with Gasteiger partial charge in [0.15, 0.2) is 5.82 Å². The highest BCUT2D eigenvalue weighted by molar-refractivity contribution is 14.1. The lowest BCUT2D eigenvalue weighted by Gasteiger charge is -2.06. The first kappa shape index (κ1) is 12.6. The molecule has 84 valence electrons. The zero-order valence-electron chi connectivity index (χ0n) is 6.92. The van der Waals surface area contributed by atoms with Gasteiger partial charge in [-0.3, -0.25) is 0 Å². The quantitative estimate of drug-likeness (QED) is 0.646. The normalized spacial score (nSPS) is 12.1. The van der Waals surface area contributed by atoms with Crippen molar-refractivity contribution in [3.05, 3.63) is 21.1 Å². The summed E-state index contributed by atoms with van der Waals surface area (Å²) < 4.78 is 59.3. The summed E-state index contributed by atoms with van der Waals surface area (Å²) in [6.07, 6.45) is -3.12. The Morgan fingerprint density at radius 1 is 1.47 bits per heavy atom. The van der Waals surface area contributed by atoms with Crippen molar-refractivity contribution in [3.8, 4) is 0 Å². The van der Waals surface area contributed by atoms with Gasteiger partial charge in [0.25, 0.3) is 16.4 Å². The number of primary sulfonamides is 1. The van der Waals surface area contributed by atoms with Crippen LogP contribution in [0.1, 0.15) is 12.0 Å². The van der Waals surface area contributed by atoms with E-state index >= 15 is 0 Å². The molecule has 0 spiro atoms. The summed E-state index contributed by atoms with van der Waals surface area (Å²) in [6.45, 7) is 0. The number of nitrogens with zero attached hydrogens (tertiary/aromatic N) is 1. The van der Waals surface area contributed by atoms with Gasteiger partial charge in [0.05, 0.1) is 5.56 Å². The summed E-state index contributed by atoms with van der Waals surface area (Å²) in [4.78, 5) is 3.25. The maximum absolute atomic E-state index is 13.2. The molecule has 15 heavy (non-hydrogen) atoms. The van der Waals surface area contributed by atoms with E-state index in [9.17, 15) is 21.6 Å². The Morgan fingerprint density at radius 3 is 2.40 bits per heavy atom. The Hall–Kier alpha value is -0.420. The van der Waals surface area contributed by atoms with E-state index < -0.39 is 32.9 Å². The standard InChI is InChI=1S/C6H4F3IN2O2S/c7-4-2(5(8)9)1-3(10)12-6(4)15(11,13)14/h1,5H,(H2,11,13,14). The molecule has 2 N–H and O–H groups in total. The van der Waals surface area contributed by atoms with Crippen molar-refractivity contribution in [2.45, 2.75) is 11.5 Å². The van der Waals surface area contributed by atoms with Gasteiger partial charge in [-0.1, -0.05) is 0 Å². The predicted molar refractivity (Wildman–Crippen MR) is 53.2 cm³/mol. The molecule has 1 aromatic heterocycles. The minimum absolute atomic E-state index is 0.0756. The van der Waals surface area contributed by atoms with Crippen molar-refractivity contribution in [2.24, 2.45) is 5.14 Å². The lowest BCUT2D eigenvalue weighted by molar-refractivity contribution is 0.145. The average molecular weight is 352 g/mol. The monoisotopic (exact) mass is 352 g/mol. The number of pyridine rings is 1. The van der Waals surface area contributed by atoms with Crippen LogP contribution in [0.2, 0.25) is 0 Å². The highest BCUT2D eigenvalue weighted by Crippen LogP contribution is 2.26. The fraction of sp³-hybridized carbons (Fsp3) is 0.167. The first-order valence-electron chi connectivity index (χ1n) is 3.40. The Morgan fingerprint density at radius 2 is 2.00 bits per heavy atom. The summed E-state index contributed by atoms with van der Waals surface area (Å²) >= 11 is 1.49. The summed E-state index contributed by atoms with van der Waals surface area (Å²) in [5.74, 6) is -1.60. The number of aromatic nitrogens is 1. The van der Waals surface area contributed by atoms with E-state index in [-0.39, 0.29) is 3.70 Å². The van der Waals surface area contributed by atoms with E-state index in [4.69, 9.17) is 0 Å². The second-order valence-corrected chi connectivity index (χ2v) is 5.08. The number of alkyl halides is 2. The Labute approximate surface area is 96.9 Å². The minimum atomic E-state index is -4.44. The van der Waals surface area contributed by atoms with Gasteiger partial charge in [-0.2, -0.15) is 0 Å². The van der Waals surface area contributed by atoms with Crippen LogP contribution in [0, 0.1) is 9.52 Å². The second kappa shape index (κ2) is 4.22. The van der Waals surface area contributed by atoms with Gasteiger partial charge in [-0.15, -0.1) is 0 Å². The highest BCUT2D eigenvalue weighted by Gasteiger charge is 2.24. The molecule has 0 aromatic carbocycles. The molecule has 4 nitrogen and oxygen atoms in total. The number of halogens is 4. The molecule has 1 heterocycles. The molecule has 9 heteroatoms. The van der Waals surface area contributed by atoms with E-state index in [0.717, 1.165) is 6.07 Å². The van der Waals surface area contributed by atoms with Gasteiger partial charge in [0.1, 0.15) is 3.70 Å². The van der Waals surface area contributed by atoms with Gasteiger partial charge < -0.3 is 0 Å². The number of hydrogen-bond acceptors (Lipinski definition) is 3. The third-order valence-electron chi connectivity index (χ3n) is 1.43. The van der Waals surface area contributed by atoms with Crippen molar-refractivity contribution in [1.29, 1.82) is 0 Å². The van der Waals surface area contributed by atoms with Crippen LogP contribution in [0.3, 0.4) is 0 Å². The molecule has 0 fully saturated rings. The van der Waals surface area contributed by atoms with Gasteiger partial charge in [-0.25, -0.2) is 31.7 Å². The molecule has 0 aliphatic heterocycles. The van der Waals surface area contributed by atoms with Crippen molar-refractivity contribution >= 4 is 32.6 Å². The summed E-state index contributed by atoms with van der Waals surface area (Å²) in [5.41, 5.74) is -1.03. The third kappa shape index (κ3) is 2.78. The van der Waals surface area contributed by atoms with Crippen LogP contribution in [0.25, 0.3) is 0 Å². The minimum Gasteiger partial charge on any atom is -0.226 e. The number of rotatable bonds is 2. The largest absolute Gasteiger partial charge is 0.266 e. The fourth-order valence-electron chi connectivity index (χ4n) is 0.841. The SMILES string of the molecule is NS(=O)(=O)c1nc(I)cc(C(F)F)c1F. The van der Waals surface area contributed by atoms with Crippen molar-refractivity contribution in [3.63, 3.8) is 0 Å². The molecule has 0 radical (unpaired) electrons. The van der Waals surface area contributed by atoms with Crippen LogP contribution in [0.4, 0.5) is 13.2 Å². The van der Waals surface area contributed by atoms with Crippen molar-refractivity contribution in [1.82, 2.24) is 4.98 Å². The zero-order chi connectivity index (χ0) is 11.8. The molecule has 1 rings (SSSR count). The molecule has 1 aromatic rings. The molecule has 0 atom stereocenters. The number of sulfonamides is 1. The molecule has 0 amide bonds. The summed E-state index contributed by atoms with van der Waals surface area (Å²) in [5, 5.41) is 3.45. The highest BCUT2D eigenvalue weighted by atomic mass is 127. The molecule has 0 unspecified atom stereocenters. The van der Waals surface area contributed by atoms with Crippen LogP contribution in [-0.2, 0) is 10.0 Å². The fourth-order valence-corrected chi connectivity index (χ4v) is 2.17. The van der Waals surface area contributed by atoms with E-state index in [0.29, 0.717) is 0 Å². The van der Waals surface area contributed by atoms with Crippen molar-refractivity contribution in [2.75, 3.05) is 0 Å². The number of nitrogens with two attached hydrogens (primary N) is 1. The third-order valence-corrected chi connectivity index (χ3v) is 2.79. The van der Waals surface area contributed by atoms with Crippen LogP contribution in [0.15, 0.2) is 11.1 Å². The van der Waals surface area contributed by atoms with Crippen molar-refractivity contribution < 1.29 is 21.6 Å². The topological polar surface area (TPSA) is 73.1 Å². The van der Waals surface area contributed by atoms with E-state index in [1.807, 2.05) is 0 Å². The van der Waals surface area contributed by atoms with Crippen LogP contribution < -0.4 is 5.14 Å². The lowest BCUT2D eigenvalue weighted by atomic mass is 10.3. The Bertz CT molecular complexity index is 491. The molecule has 0 aliphatic rings. The van der Waals surface area contributed by atoms with Crippen LogP contribution in [0.5, 0.6) is 0 Å². The second-order valence-electron chi connectivity index (χ2n) is 2.50. The summed E-state index contributed by atoms with van der Waals surface area (Å²) in [7, 11) is -4.44. The number of hydrogen-bond donors (Lipinski definition) is 1. The van der Waals surface area contributed by atoms with Gasteiger partial charge >= 0.3 is 0 Å². The Balaban J connectivity index is 3.56.